The molecule has 2 heterocycles. The van der Waals surface area contributed by atoms with Crippen LogP contribution in [-0.2, 0) is 14.3 Å². The van der Waals surface area contributed by atoms with Gasteiger partial charge >= 0.3 is 6.03 Å². The van der Waals surface area contributed by atoms with E-state index in [-0.39, 0.29) is 43.1 Å². The van der Waals surface area contributed by atoms with Crippen LogP contribution >= 0.6 is 0 Å². The summed E-state index contributed by atoms with van der Waals surface area (Å²) in [7, 11) is 3.29. The number of anilines is 2. The van der Waals surface area contributed by atoms with E-state index in [9.17, 15) is 18.8 Å². The van der Waals surface area contributed by atoms with Crippen LogP contribution in [0.15, 0.2) is 42.5 Å². The Labute approximate surface area is 214 Å². The number of nitrogens with zero attached hydrogens (tertiary/aromatic N) is 1. The minimum atomic E-state index is -0.573. The highest BCUT2D eigenvalue weighted by atomic mass is 19.1. The largest absolute Gasteiger partial charge is 0.490 e. The molecule has 0 spiro atoms. The molecule has 4 rings (SSSR count). The second-order valence-corrected chi connectivity index (χ2v) is 9.02. The van der Waals surface area contributed by atoms with Gasteiger partial charge in [0.1, 0.15) is 24.3 Å². The van der Waals surface area contributed by atoms with Gasteiger partial charge < -0.3 is 35.1 Å². The summed E-state index contributed by atoms with van der Waals surface area (Å²) >= 11 is 0. The molecule has 1 fully saturated rings. The van der Waals surface area contributed by atoms with Crippen molar-refractivity contribution < 1.29 is 33.0 Å². The number of ether oxygens (including phenoxy) is 3. The van der Waals surface area contributed by atoms with Crippen molar-refractivity contribution >= 4 is 29.2 Å². The van der Waals surface area contributed by atoms with E-state index in [1.165, 1.54) is 18.2 Å². The maximum Gasteiger partial charge on any atom is 0.323 e. The fourth-order valence-corrected chi connectivity index (χ4v) is 4.54. The van der Waals surface area contributed by atoms with Gasteiger partial charge in [0.25, 0.3) is 5.91 Å². The highest BCUT2D eigenvalue weighted by molar-refractivity contribution is 6.02. The third-order valence-electron chi connectivity index (χ3n) is 6.39. The molecule has 0 unspecified atom stereocenters. The normalized spacial score (nSPS) is 21.0. The van der Waals surface area contributed by atoms with E-state index in [4.69, 9.17) is 14.2 Å². The van der Waals surface area contributed by atoms with Crippen LogP contribution in [0.3, 0.4) is 0 Å². The number of carbonyl (C=O) groups excluding carboxylic acids is 3. The van der Waals surface area contributed by atoms with Gasteiger partial charge in [-0.05, 0) is 49.2 Å². The molecule has 198 valence electrons. The van der Waals surface area contributed by atoms with Crippen LogP contribution in [0.1, 0.15) is 29.6 Å². The number of fused-ring (bicyclic) bond motifs is 2. The van der Waals surface area contributed by atoms with Crippen molar-refractivity contribution in [1.82, 2.24) is 10.2 Å². The van der Waals surface area contributed by atoms with Crippen molar-refractivity contribution in [2.45, 2.75) is 37.5 Å². The molecule has 0 radical (unpaired) electrons. The van der Waals surface area contributed by atoms with Gasteiger partial charge in [-0.1, -0.05) is 6.07 Å². The molecular weight excluding hydrogens is 483 g/mol. The number of hydrogen-bond acceptors (Lipinski definition) is 6. The maximum absolute atomic E-state index is 13.4. The summed E-state index contributed by atoms with van der Waals surface area (Å²) in [6, 6.07) is 9.53. The topological polar surface area (TPSA) is 118 Å². The molecule has 3 atom stereocenters. The molecule has 1 saturated heterocycles. The standard InChI is InChI=1S/C26H31FN4O6/c1-31-21-8-7-19(14-24(32)28-10-11-35-2)37-23(21)15-36-22-9-6-18(13-20(22)25(31)33)30-26(34)29-17-5-3-4-16(27)12-17/h3-6,9,12-13,19,21,23H,7-8,10-11,14-15H2,1-2H3,(H,28,32)(H2,29,30,34)/t19-,21+,23+/m1/s1. The number of urea groups is 1. The second kappa shape index (κ2) is 12.0. The molecule has 0 saturated carbocycles. The first-order valence-corrected chi connectivity index (χ1v) is 12.1. The number of benzene rings is 2. The molecular formula is C26H31FN4O6. The Morgan fingerprint density at radius 2 is 1.92 bits per heavy atom. The summed E-state index contributed by atoms with van der Waals surface area (Å²) < 4.78 is 30.5. The third-order valence-corrected chi connectivity index (χ3v) is 6.39. The number of likely N-dealkylation sites (N-methyl/N-ethyl adjacent to an activating group) is 1. The SMILES string of the molecule is COCCNC(=O)C[C@H]1CC[C@H]2[C@H](COc3ccc(NC(=O)Nc4cccc(F)c4)cc3C(=O)N2C)O1. The lowest BCUT2D eigenvalue weighted by Gasteiger charge is -2.42. The van der Waals surface area contributed by atoms with Gasteiger partial charge in [0.2, 0.25) is 5.91 Å². The van der Waals surface area contributed by atoms with Crippen molar-refractivity contribution in [2.75, 3.05) is 44.5 Å². The molecule has 0 bridgehead atoms. The lowest BCUT2D eigenvalue weighted by atomic mass is 9.94. The van der Waals surface area contributed by atoms with Crippen LogP contribution in [0.5, 0.6) is 5.75 Å². The number of amides is 4. The minimum absolute atomic E-state index is 0.108. The Hall–Kier alpha value is -3.70. The van der Waals surface area contributed by atoms with Crippen molar-refractivity contribution in [3.8, 4) is 5.75 Å². The molecule has 4 amide bonds. The summed E-state index contributed by atoms with van der Waals surface area (Å²) in [4.78, 5) is 39.6. The smallest absolute Gasteiger partial charge is 0.323 e. The first kappa shape index (κ1) is 26.4. The van der Waals surface area contributed by atoms with E-state index in [2.05, 4.69) is 16.0 Å². The number of nitrogens with one attached hydrogen (secondary N) is 3. The van der Waals surface area contributed by atoms with Crippen molar-refractivity contribution in [3.05, 3.63) is 53.8 Å². The van der Waals surface area contributed by atoms with Gasteiger partial charge in [-0.3, -0.25) is 9.59 Å². The highest BCUT2D eigenvalue weighted by Crippen LogP contribution is 2.32. The van der Waals surface area contributed by atoms with E-state index in [1.807, 2.05) is 0 Å². The van der Waals surface area contributed by atoms with Gasteiger partial charge in [0.05, 0.1) is 30.7 Å². The summed E-state index contributed by atoms with van der Waals surface area (Å²) in [5.74, 6) is -0.470. The van der Waals surface area contributed by atoms with Crippen LogP contribution in [0.4, 0.5) is 20.6 Å². The van der Waals surface area contributed by atoms with Crippen LogP contribution in [0, 0.1) is 5.82 Å². The zero-order chi connectivity index (χ0) is 26.4. The summed E-state index contributed by atoms with van der Waals surface area (Å²) in [6.45, 7) is 1.09. The zero-order valence-electron chi connectivity index (χ0n) is 20.8. The predicted octanol–water partition coefficient (Wildman–Crippen LogP) is 3.00. The van der Waals surface area contributed by atoms with Crippen molar-refractivity contribution in [2.24, 2.45) is 0 Å². The van der Waals surface area contributed by atoms with Crippen molar-refractivity contribution in [3.63, 3.8) is 0 Å². The van der Waals surface area contributed by atoms with E-state index >= 15 is 0 Å². The number of hydrogen-bond donors (Lipinski definition) is 3. The fourth-order valence-electron chi connectivity index (χ4n) is 4.54. The average molecular weight is 515 g/mol. The third kappa shape index (κ3) is 6.75. The van der Waals surface area contributed by atoms with E-state index in [0.717, 1.165) is 0 Å². The molecule has 10 nitrogen and oxygen atoms in total. The van der Waals surface area contributed by atoms with Gasteiger partial charge in [-0.2, -0.15) is 0 Å². The van der Waals surface area contributed by atoms with Crippen LogP contribution in [-0.4, -0.2) is 74.9 Å². The Kier molecular flexibility index (Phi) is 8.57. The molecule has 2 aromatic carbocycles. The van der Waals surface area contributed by atoms with Crippen LogP contribution in [0.2, 0.25) is 0 Å². The van der Waals surface area contributed by atoms with Gasteiger partial charge in [0, 0.05) is 32.1 Å². The van der Waals surface area contributed by atoms with Gasteiger partial charge in [0.15, 0.2) is 0 Å². The zero-order valence-corrected chi connectivity index (χ0v) is 20.8. The molecule has 3 N–H and O–H groups in total. The average Bonchev–Trinajstić information content (AvgIpc) is 2.86. The summed E-state index contributed by atoms with van der Waals surface area (Å²) in [6.07, 6.45) is 0.870. The first-order valence-electron chi connectivity index (χ1n) is 12.1. The first-order chi connectivity index (χ1) is 17.8. The van der Waals surface area contributed by atoms with Crippen LogP contribution < -0.4 is 20.7 Å². The molecule has 37 heavy (non-hydrogen) atoms. The maximum atomic E-state index is 13.4. The molecule has 2 aromatic rings. The van der Waals surface area contributed by atoms with E-state index in [0.29, 0.717) is 48.7 Å². The van der Waals surface area contributed by atoms with Crippen LogP contribution in [0.25, 0.3) is 0 Å². The monoisotopic (exact) mass is 514 g/mol. The number of rotatable bonds is 7. The number of methoxy groups -OCH3 is 1. The Morgan fingerprint density at radius 1 is 1.14 bits per heavy atom. The molecule has 2 aliphatic rings. The van der Waals surface area contributed by atoms with E-state index < -0.39 is 11.8 Å². The number of carbonyl (C=O) groups is 3. The Bertz CT molecular complexity index is 1150. The quantitative estimate of drug-likeness (QED) is 0.489. The minimum Gasteiger partial charge on any atom is -0.490 e. The highest BCUT2D eigenvalue weighted by Gasteiger charge is 2.39. The molecule has 0 aliphatic carbocycles. The lowest BCUT2D eigenvalue weighted by molar-refractivity contribution is -0.134. The Balaban J connectivity index is 1.40. The Morgan fingerprint density at radius 3 is 2.68 bits per heavy atom. The lowest BCUT2D eigenvalue weighted by Crippen LogP contribution is -2.54. The van der Waals surface area contributed by atoms with Crippen molar-refractivity contribution in [1.29, 1.82) is 0 Å². The second-order valence-electron chi connectivity index (χ2n) is 9.02. The van der Waals surface area contributed by atoms with Gasteiger partial charge in [-0.15, -0.1) is 0 Å². The van der Waals surface area contributed by atoms with Gasteiger partial charge in [-0.25, -0.2) is 9.18 Å². The summed E-state index contributed by atoms with van der Waals surface area (Å²) in [5.41, 5.74) is 0.996. The van der Waals surface area contributed by atoms with E-state index in [1.54, 1.807) is 43.3 Å². The predicted molar refractivity (Wildman–Crippen MR) is 134 cm³/mol. The molecule has 0 aromatic heterocycles. The fraction of sp³-hybridized carbons (Fsp3) is 0.423. The molecule has 2 aliphatic heterocycles. The molecule has 11 heteroatoms. The number of halogens is 1. The summed E-state index contributed by atoms with van der Waals surface area (Å²) in [5, 5.41) is 8.01.